The zero-order valence-electron chi connectivity index (χ0n) is 11.4. The van der Waals surface area contributed by atoms with Gasteiger partial charge in [0.2, 0.25) is 5.91 Å². The molecule has 0 aromatic heterocycles. The lowest BCUT2D eigenvalue weighted by atomic mass is 9.99. The van der Waals surface area contributed by atoms with E-state index in [-0.39, 0.29) is 0 Å². The van der Waals surface area contributed by atoms with Crippen LogP contribution in [0.4, 0.5) is 10.5 Å². The number of imide groups is 2. The Hall–Kier alpha value is -2.50. The SMILES string of the molecule is CC(=O)C1C(=O)NC(=O)N(c2ccc(C)cc2C)C1=O. The zero-order chi connectivity index (χ0) is 15.0. The number of barbiturate groups is 1. The van der Waals surface area contributed by atoms with E-state index in [0.29, 0.717) is 11.3 Å². The van der Waals surface area contributed by atoms with Gasteiger partial charge in [-0.25, -0.2) is 9.69 Å². The molecule has 1 aromatic rings. The number of aryl methyl sites for hydroxylation is 2. The van der Waals surface area contributed by atoms with E-state index in [9.17, 15) is 19.2 Å². The predicted octanol–water partition coefficient (Wildman–Crippen LogP) is 1.09. The van der Waals surface area contributed by atoms with Crippen molar-refractivity contribution in [1.82, 2.24) is 5.32 Å². The summed E-state index contributed by atoms with van der Waals surface area (Å²) in [5.41, 5.74) is 2.07. The van der Waals surface area contributed by atoms with Crippen LogP contribution >= 0.6 is 0 Å². The van der Waals surface area contributed by atoms with E-state index in [1.165, 1.54) is 0 Å². The van der Waals surface area contributed by atoms with Gasteiger partial charge in [-0.1, -0.05) is 17.7 Å². The van der Waals surface area contributed by atoms with E-state index in [1.807, 2.05) is 18.3 Å². The largest absolute Gasteiger partial charge is 0.335 e. The molecule has 1 unspecified atom stereocenters. The van der Waals surface area contributed by atoms with Gasteiger partial charge in [0.15, 0.2) is 11.7 Å². The summed E-state index contributed by atoms with van der Waals surface area (Å²) in [4.78, 5) is 48.0. The molecule has 6 heteroatoms. The van der Waals surface area contributed by atoms with Crippen molar-refractivity contribution in [3.63, 3.8) is 0 Å². The molecule has 1 aromatic carbocycles. The van der Waals surface area contributed by atoms with E-state index >= 15 is 0 Å². The first-order valence-corrected chi connectivity index (χ1v) is 6.09. The summed E-state index contributed by atoms with van der Waals surface area (Å²) in [5, 5.41) is 2.04. The van der Waals surface area contributed by atoms with Crippen molar-refractivity contribution in [3.05, 3.63) is 29.3 Å². The summed E-state index contributed by atoms with van der Waals surface area (Å²) in [6, 6.07) is 4.36. The summed E-state index contributed by atoms with van der Waals surface area (Å²) >= 11 is 0. The number of carbonyl (C=O) groups is 4. The molecular weight excluding hydrogens is 260 g/mol. The highest BCUT2D eigenvalue weighted by Gasteiger charge is 2.44. The van der Waals surface area contributed by atoms with Crippen LogP contribution in [0.15, 0.2) is 18.2 Å². The third-order valence-corrected chi connectivity index (χ3v) is 3.16. The van der Waals surface area contributed by atoms with Crippen molar-refractivity contribution >= 4 is 29.3 Å². The molecule has 0 aliphatic carbocycles. The predicted molar refractivity (Wildman–Crippen MR) is 71.1 cm³/mol. The number of carbonyl (C=O) groups excluding carboxylic acids is 4. The Morgan fingerprint density at radius 1 is 1.20 bits per heavy atom. The van der Waals surface area contributed by atoms with Gasteiger partial charge in [-0.3, -0.25) is 19.7 Å². The monoisotopic (exact) mass is 274 g/mol. The highest BCUT2D eigenvalue weighted by molar-refractivity contribution is 6.34. The smallest absolute Gasteiger partial charge is 0.299 e. The number of hydrogen-bond acceptors (Lipinski definition) is 4. The second-order valence-corrected chi connectivity index (χ2v) is 4.80. The first-order valence-electron chi connectivity index (χ1n) is 6.09. The molecule has 6 nitrogen and oxygen atoms in total. The highest BCUT2D eigenvalue weighted by atomic mass is 16.2. The highest BCUT2D eigenvalue weighted by Crippen LogP contribution is 2.25. The van der Waals surface area contributed by atoms with Crippen molar-refractivity contribution < 1.29 is 19.2 Å². The minimum atomic E-state index is -1.46. The summed E-state index contributed by atoms with van der Waals surface area (Å²) < 4.78 is 0. The van der Waals surface area contributed by atoms with Crippen LogP contribution in [-0.4, -0.2) is 23.6 Å². The van der Waals surface area contributed by atoms with Crippen LogP contribution in [0.25, 0.3) is 0 Å². The molecule has 4 amide bonds. The Kier molecular flexibility index (Phi) is 3.40. The van der Waals surface area contributed by atoms with Gasteiger partial charge in [0.1, 0.15) is 0 Å². The molecule has 2 rings (SSSR count). The average Bonchev–Trinajstić information content (AvgIpc) is 2.30. The summed E-state index contributed by atoms with van der Waals surface area (Å²) in [6.07, 6.45) is 0. The Bertz CT molecular complexity index is 636. The Labute approximate surface area is 115 Å². The summed E-state index contributed by atoms with van der Waals surface area (Å²) in [5.74, 6) is -3.73. The number of nitrogens with zero attached hydrogens (tertiary/aromatic N) is 1. The summed E-state index contributed by atoms with van der Waals surface area (Å²) in [6.45, 7) is 4.79. The number of anilines is 1. The molecule has 1 aliphatic heterocycles. The van der Waals surface area contributed by atoms with Gasteiger partial charge < -0.3 is 0 Å². The molecule has 104 valence electrons. The number of amides is 4. The molecular formula is C14H14N2O4. The molecule has 1 fully saturated rings. The molecule has 0 radical (unpaired) electrons. The van der Waals surface area contributed by atoms with Crippen LogP contribution in [0, 0.1) is 19.8 Å². The average molecular weight is 274 g/mol. The normalized spacial score (nSPS) is 19.1. The molecule has 1 N–H and O–H groups in total. The van der Waals surface area contributed by atoms with Gasteiger partial charge in [0.05, 0.1) is 5.69 Å². The van der Waals surface area contributed by atoms with Crippen LogP contribution in [0.2, 0.25) is 0 Å². The van der Waals surface area contributed by atoms with E-state index < -0.39 is 29.5 Å². The number of rotatable bonds is 2. The quantitative estimate of drug-likeness (QED) is 0.818. The molecule has 0 bridgehead atoms. The second kappa shape index (κ2) is 4.88. The van der Waals surface area contributed by atoms with Gasteiger partial charge in [-0.15, -0.1) is 0 Å². The lowest BCUT2D eigenvalue weighted by Gasteiger charge is -2.30. The number of nitrogens with one attached hydrogen (secondary N) is 1. The standard InChI is InChI=1S/C14H14N2O4/c1-7-4-5-10(8(2)6-7)16-13(19)11(9(3)17)12(18)15-14(16)20/h4-6,11H,1-3H3,(H,15,18,20). The number of Topliss-reactive ketones (excluding diaryl/α,β-unsaturated/α-hetero) is 1. The molecule has 20 heavy (non-hydrogen) atoms. The summed E-state index contributed by atoms with van der Waals surface area (Å²) in [7, 11) is 0. The Morgan fingerprint density at radius 2 is 1.85 bits per heavy atom. The zero-order valence-corrected chi connectivity index (χ0v) is 11.4. The van der Waals surface area contributed by atoms with Gasteiger partial charge in [-0.2, -0.15) is 0 Å². The first kappa shape index (κ1) is 13.9. The molecule has 1 heterocycles. The fraction of sp³-hybridized carbons (Fsp3) is 0.286. The van der Waals surface area contributed by atoms with Crippen molar-refractivity contribution in [2.75, 3.05) is 4.90 Å². The minimum absolute atomic E-state index is 0.372. The number of urea groups is 1. The fourth-order valence-corrected chi connectivity index (χ4v) is 2.22. The van der Waals surface area contributed by atoms with Crippen LogP contribution in [0.5, 0.6) is 0 Å². The third-order valence-electron chi connectivity index (χ3n) is 3.16. The first-order chi connectivity index (χ1) is 9.32. The maximum absolute atomic E-state index is 12.2. The lowest BCUT2D eigenvalue weighted by molar-refractivity contribution is -0.140. The van der Waals surface area contributed by atoms with Crippen LogP contribution < -0.4 is 10.2 Å². The van der Waals surface area contributed by atoms with E-state index in [2.05, 4.69) is 0 Å². The van der Waals surface area contributed by atoms with Crippen LogP contribution in [0.1, 0.15) is 18.1 Å². The molecule has 1 aliphatic rings. The van der Waals surface area contributed by atoms with Crippen molar-refractivity contribution in [1.29, 1.82) is 0 Å². The number of ketones is 1. The maximum Gasteiger partial charge on any atom is 0.335 e. The van der Waals surface area contributed by atoms with Gasteiger partial charge in [-0.05, 0) is 32.4 Å². The van der Waals surface area contributed by atoms with E-state index in [0.717, 1.165) is 17.4 Å². The topological polar surface area (TPSA) is 83.6 Å². The van der Waals surface area contributed by atoms with E-state index in [1.54, 1.807) is 19.1 Å². The second-order valence-electron chi connectivity index (χ2n) is 4.80. The molecule has 0 spiro atoms. The molecule has 1 atom stereocenters. The van der Waals surface area contributed by atoms with Crippen LogP contribution in [-0.2, 0) is 14.4 Å². The van der Waals surface area contributed by atoms with Gasteiger partial charge >= 0.3 is 6.03 Å². The number of hydrogen-bond donors (Lipinski definition) is 1. The Morgan fingerprint density at radius 3 is 2.40 bits per heavy atom. The van der Waals surface area contributed by atoms with Gasteiger partial charge in [0, 0.05) is 0 Å². The van der Waals surface area contributed by atoms with E-state index in [4.69, 9.17) is 0 Å². The molecule has 0 saturated carbocycles. The van der Waals surface area contributed by atoms with Crippen LogP contribution in [0.3, 0.4) is 0 Å². The number of benzene rings is 1. The van der Waals surface area contributed by atoms with Crippen molar-refractivity contribution in [2.45, 2.75) is 20.8 Å². The maximum atomic E-state index is 12.2. The minimum Gasteiger partial charge on any atom is -0.299 e. The third kappa shape index (κ3) is 2.20. The fourth-order valence-electron chi connectivity index (χ4n) is 2.22. The van der Waals surface area contributed by atoms with Gasteiger partial charge in [0.25, 0.3) is 5.91 Å². The Balaban J connectivity index is 2.49. The lowest BCUT2D eigenvalue weighted by Crippen LogP contribution is -2.60. The van der Waals surface area contributed by atoms with Crippen molar-refractivity contribution in [2.24, 2.45) is 5.92 Å². The van der Waals surface area contributed by atoms with Crippen molar-refractivity contribution in [3.8, 4) is 0 Å². The molecule has 1 saturated heterocycles.